The Morgan fingerprint density at radius 2 is 1.76 bits per heavy atom. The van der Waals surface area contributed by atoms with Crippen LogP contribution < -0.4 is 10.6 Å². The molecule has 2 N–H and O–H groups in total. The minimum atomic E-state index is -1.55. The number of hydrogen-bond acceptors (Lipinski definition) is 2. The largest absolute Gasteiger partial charge is 0.326 e. The predicted octanol–water partition coefficient (Wildman–Crippen LogP) is 2.07. The molecule has 3 nitrogen and oxygen atoms in total. The minimum Gasteiger partial charge on any atom is -0.326 e. The Morgan fingerprint density at radius 1 is 1.24 bits per heavy atom. The van der Waals surface area contributed by atoms with Gasteiger partial charge in [-0.25, -0.2) is 13.2 Å². The summed E-state index contributed by atoms with van der Waals surface area (Å²) in [5.41, 5.74) is -0.0995. The number of carbonyl (C=O) groups excluding carboxylic acids is 1. The molecule has 1 rings (SSSR count). The number of halogens is 4. The fourth-order valence-corrected chi connectivity index (χ4v) is 1.09. The van der Waals surface area contributed by atoms with Crippen molar-refractivity contribution in [3.63, 3.8) is 0 Å². The van der Waals surface area contributed by atoms with Crippen molar-refractivity contribution in [1.29, 1.82) is 0 Å². The van der Waals surface area contributed by atoms with Crippen LogP contribution in [0.25, 0.3) is 0 Å². The van der Waals surface area contributed by atoms with Gasteiger partial charge in [-0.15, -0.1) is 12.4 Å². The number of carbonyl (C=O) groups is 1. The lowest BCUT2D eigenvalue weighted by Crippen LogP contribution is -2.19. The number of amides is 1. The lowest BCUT2D eigenvalue weighted by molar-refractivity contribution is -0.116. The van der Waals surface area contributed by atoms with Gasteiger partial charge in [-0.05, 0) is 7.05 Å². The van der Waals surface area contributed by atoms with Crippen LogP contribution in [-0.4, -0.2) is 19.5 Å². The van der Waals surface area contributed by atoms with Crippen molar-refractivity contribution in [2.75, 3.05) is 18.9 Å². The van der Waals surface area contributed by atoms with E-state index in [0.29, 0.717) is 6.54 Å². The van der Waals surface area contributed by atoms with Crippen LogP contribution in [0.4, 0.5) is 18.9 Å². The summed E-state index contributed by atoms with van der Waals surface area (Å²) in [6.45, 7) is 0.442. The van der Waals surface area contributed by atoms with Crippen LogP contribution in [0.2, 0.25) is 0 Å². The van der Waals surface area contributed by atoms with Crippen LogP contribution in [0.15, 0.2) is 12.1 Å². The topological polar surface area (TPSA) is 41.1 Å². The van der Waals surface area contributed by atoms with E-state index in [1.165, 1.54) is 0 Å². The summed E-state index contributed by atoms with van der Waals surface area (Å²) in [4.78, 5) is 11.2. The molecular weight excluding hydrogens is 257 g/mol. The van der Waals surface area contributed by atoms with Crippen LogP contribution >= 0.6 is 12.4 Å². The summed E-state index contributed by atoms with van der Waals surface area (Å²) in [6, 6.07) is 1.46. The first-order valence-corrected chi connectivity index (χ1v) is 4.63. The minimum absolute atomic E-state index is 0. The molecule has 0 saturated heterocycles. The molecule has 0 spiro atoms. The van der Waals surface area contributed by atoms with Gasteiger partial charge in [0.05, 0.1) is 0 Å². The Balaban J connectivity index is 0.00000256. The van der Waals surface area contributed by atoms with E-state index >= 15 is 0 Å². The van der Waals surface area contributed by atoms with Crippen molar-refractivity contribution < 1.29 is 18.0 Å². The first-order valence-electron chi connectivity index (χ1n) is 4.63. The second-order valence-corrected chi connectivity index (χ2v) is 3.16. The number of anilines is 1. The molecule has 1 amide bonds. The van der Waals surface area contributed by atoms with E-state index in [1.807, 2.05) is 0 Å². The van der Waals surface area contributed by atoms with Gasteiger partial charge in [-0.3, -0.25) is 4.79 Å². The molecule has 0 atom stereocenters. The highest BCUT2D eigenvalue weighted by molar-refractivity contribution is 5.90. The van der Waals surface area contributed by atoms with Crippen LogP contribution in [0.5, 0.6) is 0 Å². The van der Waals surface area contributed by atoms with Crippen molar-refractivity contribution in [2.45, 2.75) is 6.42 Å². The monoisotopic (exact) mass is 268 g/mol. The number of nitrogens with one attached hydrogen (secondary N) is 2. The summed E-state index contributed by atoms with van der Waals surface area (Å²) in [5.74, 6) is -4.61. The Morgan fingerprint density at radius 3 is 2.24 bits per heavy atom. The zero-order valence-corrected chi connectivity index (χ0v) is 9.84. The highest BCUT2D eigenvalue weighted by Crippen LogP contribution is 2.17. The molecule has 0 saturated carbocycles. The predicted molar refractivity (Wildman–Crippen MR) is 60.7 cm³/mol. The molecule has 0 heterocycles. The van der Waals surface area contributed by atoms with Crippen LogP contribution in [0.3, 0.4) is 0 Å². The second-order valence-electron chi connectivity index (χ2n) is 3.16. The second kappa shape index (κ2) is 7.13. The quantitative estimate of drug-likeness (QED) is 0.821. The SMILES string of the molecule is CNCCC(=O)Nc1cc(F)c(F)c(F)c1.Cl. The first kappa shape index (κ1) is 15.7. The summed E-state index contributed by atoms with van der Waals surface area (Å²) in [7, 11) is 1.67. The van der Waals surface area contributed by atoms with Gasteiger partial charge in [-0.1, -0.05) is 0 Å². The van der Waals surface area contributed by atoms with Gasteiger partial charge >= 0.3 is 0 Å². The molecule has 0 unspecified atom stereocenters. The molecule has 7 heteroatoms. The molecule has 0 bridgehead atoms. The molecule has 17 heavy (non-hydrogen) atoms. The highest BCUT2D eigenvalue weighted by atomic mass is 35.5. The summed E-state index contributed by atoms with van der Waals surface area (Å²) in [5, 5.41) is 5.01. The van der Waals surface area contributed by atoms with Crippen LogP contribution in [-0.2, 0) is 4.79 Å². The Labute approximate surface area is 103 Å². The number of hydrogen-bond donors (Lipinski definition) is 2. The first-order chi connectivity index (χ1) is 7.54. The summed E-state index contributed by atoms with van der Waals surface area (Å²) < 4.78 is 38.1. The van der Waals surface area contributed by atoms with E-state index < -0.39 is 23.4 Å². The Kier molecular flexibility index (Phi) is 6.60. The molecular formula is C10H12ClF3N2O. The van der Waals surface area contributed by atoms with Crippen LogP contribution in [0, 0.1) is 17.5 Å². The molecule has 0 aromatic heterocycles. The Bertz CT molecular complexity index is 378. The highest BCUT2D eigenvalue weighted by Gasteiger charge is 2.11. The molecule has 1 aromatic carbocycles. The molecule has 0 fully saturated rings. The van der Waals surface area contributed by atoms with Gasteiger partial charge < -0.3 is 10.6 Å². The van der Waals surface area contributed by atoms with Crippen molar-refractivity contribution in [1.82, 2.24) is 5.32 Å². The fourth-order valence-electron chi connectivity index (χ4n) is 1.09. The van der Waals surface area contributed by atoms with Crippen molar-refractivity contribution in [2.24, 2.45) is 0 Å². The van der Waals surface area contributed by atoms with Gasteiger partial charge in [0.1, 0.15) is 0 Å². The third kappa shape index (κ3) is 4.62. The molecule has 0 aliphatic carbocycles. The molecule has 0 aliphatic rings. The van der Waals surface area contributed by atoms with Crippen molar-refractivity contribution in [3.8, 4) is 0 Å². The van der Waals surface area contributed by atoms with Gasteiger partial charge in [-0.2, -0.15) is 0 Å². The number of rotatable bonds is 4. The standard InChI is InChI=1S/C10H11F3N2O.ClH/c1-14-3-2-9(16)15-6-4-7(11)10(13)8(12)5-6;/h4-5,14H,2-3H2,1H3,(H,15,16);1H. The van der Waals surface area contributed by atoms with E-state index in [0.717, 1.165) is 12.1 Å². The Hall–Kier alpha value is -1.27. The van der Waals surface area contributed by atoms with E-state index in [1.54, 1.807) is 7.05 Å². The average molecular weight is 269 g/mol. The smallest absolute Gasteiger partial charge is 0.225 e. The summed E-state index contributed by atoms with van der Waals surface area (Å²) in [6.07, 6.45) is 0.164. The maximum Gasteiger partial charge on any atom is 0.225 e. The zero-order chi connectivity index (χ0) is 12.1. The normalized spacial score (nSPS) is 9.65. The third-order valence-corrected chi connectivity index (χ3v) is 1.87. The molecule has 0 radical (unpaired) electrons. The maximum atomic E-state index is 12.8. The van der Waals surface area contributed by atoms with Crippen molar-refractivity contribution in [3.05, 3.63) is 29.6 Å². The van der Waals surface area contributed by atoms with Gasteiger partial charge in [0, 0.05) is 30.8 Å². The van der Waals surface area contributed by atoms with E-state index in [9.17, 15) is 18.0 Å². The molecule has 0 aliphatic heterocycles. The summed E-state index contributed by atoms with van der Waals surface area (Å²) >= 11 is 0. The van der Waals surface area contributed by atoms with Gasteiger partial charge in [0.15, 0.2) is 17.5 Å². The lowest BCUT2D eigenvalue weighted by atomic mass is 10.2. The zero-order valence-electron chi connectivity index (χ0n) is 9.02. The maximum absolute atomic E-state index is 12.8. The molecule has 1 aromatic rings. The van der Waals surface area contributed by atoms with Gasteiger partial charge in [0.2, 0.25) is 5.91 Å². The average Bonchev–Trinajstić information content (AvgIpc) is 2.23. The molecule has 96 valence electrons. The number of benzene rings is 1. The lowest BCUT2D eigenvalue weighted by Gasteiger charge is -2.05. The van der Waals surface area contributed by atoms with E-state index in [4.69, 9.17) is 0 Å². The van der Waals surface area contributed by atoms with Crippen molar-refractivity contribution >= 4 is 24.0 Å². The fraction of sp³-hybridized carbons (Fsp3) is 0.300. The van der Waals surface area contributed by atoms with Crippen LogP contribution in [0.1, 0.15) is 6.42 Å². The van der Waals surface area contributed by atoms with E-state index in [2.05, 4.69) is 10.6 Å². The van der Waals surface area contributed by atoms with E-state index in [-0.39, 0.29) is 24.5 Å². The van der Waals surface area contributed by atoms with Gasteiger partial charge in [0.25, 0.3) is 0 Å². The third-order valence-electron chi connectivity index (χ3n) is 1.87.